The molecule has 1 fully saturated rings. The summed E-state index contributed by atoms with van der Waals surface area (Å²) in [6, 6.07) is 20.4. The number of rotatable bonds is 8. The monoisotopic (exact) mass is 432 g/mol. The van der Waals surface area contributed by atoms with Crippen LogP contribution in [0.3, 0.4) is 0 Å². The van der Waals surface area contributed by atoms with Crippen LogP contribution in [0.15, 0.2) is 66.7 Å². The summed E-state index contributed by atoms with van der Waals surface area (Å²) in [5.41, 5.74) is 10.0. The lowest BCUT2D eigenvalue weighted by Gasteiger charge is -2.37. The molecule has 2 heterocycles. The summed E-state index contributed by atoms with van der Waals surface area (Å²) in [6.45, 7) is 4.61. The normalized spacial score (nSPS) is 16.0. The number of carbonyl (C=O) groups is 1. The van der Waals surface area contributed by atoms with Gasteiger partial charge in [0, 0.05) is 38.3 Å². The van der Waals surface area contributed by atoms with Crippen molar-refractivity contribution in [2.45, 2.75) is 18.9 Å². The number of anilines is 1. The van der Waals surface area contributed by atoms with E-state index in [0.717, 1.165) is 62.3 Å². The van der Waals surface area contributed by atoms with Crippen LogP contribution in [0, 0.1) is 5.82 Å². The molecule has 2 aromatic carbocycles. The number of aromatic nitrogens is 1. The van der Waals surface area contributed by atoms with Gasteiger partial charge in [0.2, 0.25) is 0 Å². The van der Waals surface area contributed by atoms with Crippen molar-refractivity contribution in [3.8, 4) is 11.3 Å². The summed E-state index contributed by atoms with van der Waals surface area (Å²) in [7, 11) is 0. The highest BCUT2D eigenvalue weighted by molar-refractivity contribution is 5.61. The second kappa shape index (κ2) is 10.5. The van der Waals surface area contributed by atoms with Gasteiger partial charge in [-0.3, -0.25) is 4.90 Å². The maximum absolute atomic E-state index is 13.1. The third-order valence-corrected chi connectivity index (χ3v) is 6.13. The number of nitrogens with two attached hydrogens (primary N) is 1. The highest BCUT2D eigenvalue weighted by atomic mass is 19.1. The fourth-order valence-corrected chi connectivity index (χ4v) is 4.19. The van der Waals surface area contributed by atoms with Crippen LogP contribution < -0.4 is 5.73 Å². The lowest BCUT2D eigenvalue weighted by Crippen LogP contribution is -2.51. The average molecular weight is 433 g/mol. The number of pyridine rings is 1. The first kappa shape index (κ1) is 22.1. The lowest BCUT2D eigenvalue weighted by molar-refractivity contribution is -0.113. The summed E-state index contributed by atoms with van der Waals surface area (Å²) < 4.78 is 13.1. The Balaban J connectivity index is 1.25. The molecule has 5 nitrogen and oxygen atoms in total. The van der Waals surface area contributed by atoms with Gasteiger partial charge in [0.15, 0.2) is 0 Å². The predicted molar refractivity (Wildman–Crippen MR) is 126 cm³/mol. The molecule has 1 aliphatic heterocycles. The third kappa shape index (κ3) is 5.78. The van der Waals surface area contributed by atoms with Gasteiger partial charge < -0.3 is 15.4 Å². The van der Waals surface area contributed by atoms with E-state index in [-0.39, 0.29) is 11.9 Å². The molecular weight excluding hydrogens is 403 g/mol. The minimum Gasteiger partial charge on any atom is -0.384 e. The minimum absolute atomic E-state index is 0.157. The molecule has 166 valence electrons. The van der Waals surface area contributed by atoms with E-state index >= 15 is 0 Å². The fourth-order valence-electron chi connectivity index (χ4n) is 4.19. The summed E-state index contributed by atoms with van der Waals surface area (Å²) in [6.07, 6.45) is 2.63. The van der Waals surface area contributed by atoms with Gasteiger partial charge in [-0.1, -0.05) is 42.5 Å². The Bertz CT molecular complexity index is 1010. The van der Waals surface area contributed by atoms with Gasteiger partial charge in [-0.2, -0.15) is 0 Å². The molecule has 1 aromatic heterocycles. The van der Waals surface area contributed by atoms with Crippen LogP contribution in [-0.2, 0) is 17.6 Å². The van der Waals surface area contributed by atoms with E-state index in [0.29, 0.717) is 12.2 Å². The van der Waals surface area contributed by atoms with Crippen molar-refractivity contribution < 1.29 is 9.18 Å². The molecule has 4 rings (SSSR count). The molecule has 1 unspecified atom stereocenters. The molecule has 0 saturated carbocycles. The molecule has 0 amide bonds. The largest absolute Gasteiger partial charge is 0.384 e. The summed E-state index contributed by atoms with van der Waals surface area (Å²) in [5.74, 6) is 0.279. The number of hydrogen-bond donors (Lipinski definition) is 1. The topological polar surface area (TPSA) is 62.5 Å². The Kier molecular flexibility index (Phi) is 7.24. The van der Waals surface area contributed by atoms with Crippen molar-refractivity contribution in [2.75, 3.05) is 38.5 Å². The van der Waals surface area contributed by atoms with E-state index in [2.05, 4.69) is 39.0 Å². The molecule has 1 atom stereocenters. The first-order chi connectivity index (χ1) is 15.6. The van der Waals surface area contributed by atoms with Gasteiger partial charge in [0.1, 0.15) is 17.9 Å². The van der Waals surface area contributed by atoms with Crippen molar-refractivity contribution in [3.63, 3.8) is 0 Å². The first-order valence-electron chi connectivity index (χ1n) is 11.1. The number of hydrogen-bond acceptors (Lipinski definition) is 5. The zero-order valence-electron chi connectivity index (χ0n) is 18.2. The van der Waals surface area contributed by atoms with E-state index in [1.807, 2.05) is 12.1 Å². The minimum atomic E-state index is -0.249. The maximum Gasteiger partial charge on any atom is 0.137 e. The fraction of sp³-hybridized carbons (Fsp3) is 0.308. The predicted octanol–water partition coefficient (Wildman–Crippen LogP) is 3.44. The van der Waals surface area contributed by atoms with E-state index < -0.39 is 0 Å². The van der Waals surface area contributed by atoms with Crippen LogP contribution >= 0.6 is 0 Å². The molecule has 0 spiro atoms. The quantitative estimate of drug-likeness (QED) is 0.553. The number of nitrogen functional groups attached to an aromatic ring is 1. The molecule has 0 radical (unpaired) electrons. The molecule has 0 bridgehead atoms. The highest BCUT2D eigenvalue weighted by Gasteiger charge is 2.23. The van der Waals surface area contributed by atoms with Gasteiger partial charge in [-0.15, -0.1) is 0 Å². The lowest BCUT2D eigenvalue weighted by atomic mass is 10.0. The van der Waals surface area contributed by atoms with E-state index in [9.17, 15) is 9.18 Å². The zero-order valence-corrected chi connectivity index (χ0v) is 18.2. The Morgan fingerprint density at radius 2 is 1.62 bits per heavy atom. The Hall–Kier alpha value is -3.09. The number of halogens is 1. The van der Waals surface area contributed by atoms with Crippen molar-refractivity contribution in [1.82, 2.24) is 14.8 Å². The molecule has 3 aromatic rings. The molecule has 0 aliphatic carbocycles. The smallest absolute Gasteiger partial charge is 0.137 e. The van der Waals surface area contributed by atoms with Gasteiger partial charge in [-0.25, -0.2) is 9.37 Å². The number of benzene rings is 2. The molecule has 32 heavy (non-hydrogen) atoms. The molecular formula is C26H29FN4O. The first-order valence-corrected chi connectivity index (χ1v) is 11.1. The number of aldehydes is 1. The van der Waals surface area contributed by atoms with Crippen LogP contribution in [0.25, 0.3) is 11.3 Å². The molecule has 1 saturated heterocycles. The Morgan fingerprint density at radius 3 is 2.28 bits per heavy atom. The average Bonchev–Trinajstić information content (AvgIpc) is 2.83. The van der Waals surface area contributed by atoms with Crippen LogP contribution in [0.1, 0.15) is 11.1 Å². The van der Waals surface area contributed by atoms with Crippen molar-refractivity contribution >= 4 is 12.1 Å². The van der Waals surface area contributed by atoms with Crippen molar-refractivity contribution in [2.24, 2.45) is 0 Å². The van der Waals surface area contributed by atoms with Crippen molar-refractivity contribution in [1.29, 1.82) is 0 Å². The van der Waals surface area contributed by atoms with Crippen LogP contribution in [-0.4, -0.2) is 59.8 Å². The van der Waals surface area contributed by atoms with Gasteiger partial charge in [0.05, 0.1) is 11.7 Å². The van der Waals surface area contributed by atoms with Gasteiger partial charge >= 0.3 is 0 Å². The standard InChI is InChI=1S/C26H29FN4O/c27-23-10-6-21(7-11-23)18-24(19-32)31-16-14-30(15-17-31)13-12-20-4-8-22(9-5-20)25-2-1-3-26(28)29-25/h1-11,19,24H,12-18H2,(H2,28,29). The molecule has 1 aliphatic rings. The van der Waals surface area contributed by atoms with Crippen LogP contribution in [0.4, 0.5) is 10.2 Å². The number of piperazine rings is 1. The number of nitrogens with zero attached hydrogens (tertiary/aromatic N) is 3. The maximum atomic E-state index is 13.1. The second-order valence-electron chi connectivity index (χ2n) is 8.31. The zero-order chi connectivity index (χ0) is 22.3. The highest BCUT2D eigenvalue weighted by Crippen LogP contribution is 2.19. The Labute approximate surface area is 188 Å². The molecule has 6 heteroatoms. The SMILES string of the molecule is Nc1cccc(-c2ccc(CCN3CCN(C(C=O)Cc4ccc(F)cc4)CC3)cc2)n1. The van der Waals surface area contributed by atoms with Crippen LogP contribution in [0.5, 0.6) is 0 Å². The van der Waals surface area contributed by atoms with Gasteiger partial charge in [0.25, 0.3) is 0 Å². The summed E-state index contributed by atoms with van der Waals surface area (Å²) >= 11 is 0. The third-order valence-electron chi connectivity index (χ3n) is 6.13. The van der Waals surface area contributed by atoms with Gasteiger partial charge in [-0.05, 0) is 48.2 Å². The molecule has 2 N–H and O–H groups in total. The Morgan fingerprint density at radius 1 is 0.938 bits per heavy atom. The second-order valence-corrected chi connectivity index (χ2v) is 8.31. The van der Waals surface area contributed by atoms with E-state index in [4.69, 9.17) is 5.73 Å². The van der Waals surface area contributed by atoms with Crippen molar-refractivity contribution in [3.05, 3.63) is 83.7 Å². The van der Waals surface area contributed by atoms with Crippen LogP contribution in [0.2, 0.25) is 0 Å². The number of carbonyl (C=O) groups excluding carboxylic acids is 1. The summed E-state index contributed by atoms with van der Waals surface area (Å²) in [4.78, 5) is 20.7. The van der Waals surface area contributed by atoms with E-state index in [1.54, 1.807) is 18.2 Å². The van der Waals surface area contributed by atoms with E-state index in [1.165, 1.54) is 17.7 Å². The summed E-state index contributed by atoms with van der Waals surface area (Å²) in [5, 5.41) is 0.